The van der Waals surface area contributed by atoms with Crippen molar-refractivity contribution >= 4 is 15.9 Å². The molecule has 1 aromatic carbocycles. The number of hydrogen-bond acceptors (Lipinski definition) is 4. The first-order chi connectivity index (χ1) is 11.8. The van der Waals surface area contributed by atoms with Gasteiger partial charge in [-0.25, -0.2) is 8.42 Å². The number of nitrogens with one attached hydrogen (secondary N) is 2. The second-order valence-corrected chi connectivity index (χ2v) is 9.42. The van der Waals surface area contributed by atoms with E-state index in [0.717, 1.165) is 12.8 Å². The van der Waals surface area contributed by atoms with Gasteiger partial charge in [0.1, 0.15) is 0 Å². The van der Waals surface area contributed by atoms with Gasteiger partial charge in [-0.2, -0.15) is 4.31 Å². The molecule has 1 aromatic rings. The number of sulfonamides is 1. The predicted octanol–water partition coefficient (Wildman–Crippen LogP) is 1.73. The van der Waals surface area contributed by atoms with Gasteiger partial charge in [0.05, 0.1) is 4.90 Å². The molecule has 2 bridgehead atoms. The van der Waals surface area contributed by atoms with E-state index in [1.54, 1.807) is 19.2 Å². The molecule has 0 spiro atoms. The van der Waals surface area contributed by atoms with Crippen molar-refractivity contribution in [2.24, 2.45) is 0 Å². The lowest BCUT2D eigenvalue weighted by Gasteiger charge is -2.29. The molecule has 6 nitrogen and oxygen atoms in total. The van der Waals surface area contributed by atoms with Crippen LogP contribution in [0.25, 0.3) is 0 Å². The maximum absolute atomic E-state index is 12.6. The monoisotopic (exact) mass is 365 g/mol. The summed E-state index contributed by atoms with van der Waals surface area (Å²) >= 11 is 0. The zero-order chi connectivity index (χ0) is 18.2. The lowest BCUT2D eigenvalue weighted by Crippen LogP contribution is -2.48. The third-order valence-electron chi connectivity index (χ3n) is 5.31. The third-order valence-corrected chi connectivity index (χ3v) is 7.34. The van der Waals surface area contributed by atoms with Crippen molar-refractivity contribution in [1.82, 2.24) is 14.9 Å². The Morgan fingerprint density at radius 2 is 1.88 bits per heavy atom. The van der Waals surface area contributed by atoms with Crippen molar-refractivity contribution in [3.8, 4) is 0 Å². The first-order valence-electron chi connectivity index (χ1n) is 8.92. The van der Waals surface area contributed by atoms with Crippen molar-refractivity contribution < 1.29 is 13.2 Å². The summed E-state index contributed by atoms with van der Waals surface area (Å²) in [5.41, 5.74) is 0.393. The lowest BCUT2D eigenvalue weighted by atomic mass is 9.99. The van der Waals surface area contributed by atoms with E-state index in [4.69, 9.17) is 0 Å². The molecule has 2 aliphatic rings. The molecule has 25 heavy (non-hydrogen) atoms. The molecule has 1 amide bonds. The van der Waals surface area contributed by atoms with Gasteiger partial charge in [-0.3, -0.25) is 4.79 Å². The molecule has 2 atom stereocenters. The minimum atomic E-state index is -3.59. The molecule has 2 unspecified atom stereocenters. The quantitative estimate of drug-likeness (QED) is 0.833. The van der Waals surface area contributed by atoms with Crippen LogP contribution in [0.2, 0.25) is 0 Å². The van der Waals surface area contributed by atoms with Crippen LogP contribution < -0.4 is 10.6 Å². The van der Waals surface area contributed by atoms with Gasteiger partial charge in [0.15, 0.2) is 0 Å². The zero-order valence-corrected chi connectivity index (χ0v) is 15.8. The molecule has 2 fully saturated rings. The Kier molecular flexibility index (Phi) is 5.18. The number of fused-ring (bicyclic) bond motifs is 2. The third kappa shape index (κ3) is 3.88. The fourth-order valence-electron chi connectivity index (χ4n) is 3.69. The maximum Gasteiger partial charge on any atom is 0.251 e. The molecule has 2 aliphatic heterocycles. The zero-order valence-electron chi connectivity index (χ0n) is 15.0. The Bertz CT molecular complexity index is 736. The number of carbonyl (C=O) groups excluding carboxylic acids is 1. The van der Waals surface area contributed by atoms with E-state index in [-0.39, 0.29) is 22.9 Å². The highest BCUT2D eigenvalue weighted by Crippen LogP contribution is 2.27. The Morgan fingerprint density at radius 3 is 2.48 bits per heavy atom. The number of piperidine rings is 1. The number of hydrogen-bond donors (Lipinski definition) is 2. The molecular formula is C18H27N3O3S. The summed E-state index contributed by atoms with van der Waals surface area (Å²) in [7, 11) is -2.04. The van der Waals surface area contributed by atoms with Gasteiger partial charge in [-0.15, -0.1) is 0 Å². The Hall–Kier alpha value is -1.44. The van der Waals surface area contributed by atoms with Gasteiger partial charge >= 0.3 is 0 Å². The summed E-state index contributed by atoms with van der Waals surface area (Å²) in [6.45, 7) is 3.64. The summed E-state index contributed by atoms with van der Waals surface area (Å²) in [6, 6.07) is 7.31. The summed E-state index contributed by atoms with van der Waals surface area (Å²) in [6.07, 6.45) is 4.23. The summed E-state index contributed by atoms with van der Waals surface area (Å²) < 4.78 is 26.6. The largest absolute Gasteiger partial charge is 0.349 e. The number of rotatable bonds is 5. The van der Waals surface area contributed by atoms with E-state index in [9.17, 15) is 13.2 Å². The fraction of sp³-hybridized carbons (Fsp3) is 0.611. The van der Waals surface area contributed by atoms with E-state index in [2.05, 4.69) is 10.6 Å². The second kappa shape index (κ2) is 7.05. The summed E-state index contributed by atoms with van der Waals surface area (Å²) in [4.78, 5) is 12.7. The van der Waals surface area contributed by atoms with Crippen LogP contribution in [0.3, 0.4) is 0 Å². The van der Waals surface area contributed by atoms with E-state index >= 15 is 0 Å². The maximum atomic E-state index is 12.6. The Balaban J connectivity index is 1.74. The van der Waals surface area contributed by atoms with Gasteiger partial charge in [0, 0.05) is 36.8 Å². The SMILES string of the molecule is CC(C)N(C)S(=O)(=O)c1cccc(C(=O)NC2CC3CCC(C2)N3)c1. The van der Waals surface area contributed by atoms with Gasteiger partial charge < -0.3 is 10.6 Å². The van der Waals surface area contributed by atoms with Crippen molar-refractivity contribution in [2.45, 2.75) is 68.6 Å². The van der Waals surface area contributed by atoms with Crippen molar-refractivity contribution in [3.63, 3.8) is 0 Å². The van der Waals surface area contributed by atoms with E-state index in [1.807, 2.05) is 13.8 Å². The summed E-state index contributed by atoms with van der Waals surface area (Å²) in [5, 5.41) is 6.63. The minimum absolute atomic E-state index is 0.146. The van der Waals surface area contributed by atoms with E-state index < -0.39 is 10.0 Å². The van der Waals surface area contributed by atoms with Crippen LogP contribution in [0.5, 0.6) is 0 Å². The van der Waals surface area contributed by atoms with E-state index in [1.165, 1.54) is 29.3 Å². The molecule has 3 rings (SSSR count). The van der Waals surface area contributed by atoms with Crippen molar-refractivity contribution in [3.05, 3.63) is 29.8 Å². The van der Waals surface area contributed by atoms with Crippen molar-refractivity contribution in [1.29, 1.82) is 0 Å². The molecule has 2 saturated heterocycles. The Morgan fingerprint density at radius 1 is 1.24 bits per heavy atom. The number of carbonyl (C=O) groups is 1. The average molecular weight is 365 g/mol. The summed E-state index contributed by atoms with van der Waals surface area (Å²) in [5.74, 6) is -0.199. The van der Waals surface area contributed by atoms with Gasteiger partial charge in [0.2, 0.25) is 10.0 Å². The Labute approximate surface area is 150 Å². The lowest BCUT2D eigenvalue weighted by molar-refractivity contribution is 0.0923. The van der Waals surface area contributed by atoms with E-state index in [0.29, 0.717) is 17.6 Å². The topological polar surface area (TPSA) is 78.5 Å². The molecule has 2 N–H and O–H groups in total. The molecule has 138 valence electrons. The highest BCUT2D eigenvalue weighted by atomic mass is 32.2. The molecule has 0 saturated carbocycles. The molecule has 7 heteroatoms. The van der Waals surface area contributed by atoms with Crippen LogP contribution in [0, 0.1) is 0 Å². The number of nitrogens with zero attached hydrogens (tertiary/aromatic N) is 1. The molecular weight excluding hydrogens is 338 g/mol. The standard InChI is InChI=1S/C18H27N3O3S/c1-12(2)21(3)25(23,24)17-6-4-5-13(9-17)18(22)20-16-10-14-7-8-15(11-16)19-14/h4-6,9,12,14-16,19H,7-8,10-11H2,1-3H3,(H,20,22). The van der Waals surface area contributed by atoms with Crippen LogP contribution in [0.4, 0.5) is 0 Å². The normalized spacial score (nSPS) is 26.2. The van der Waals surface area contributed by atoms with Crippen LogP contribution >= 0.6 is 0 Å². The molecule has 0 aromatic heterocycles. The first-order valence-corrected chi connectivity index (χ1v) is 10.4. The molecule has 2 heterocycles. The first kappa shape index (κ1) is 18.4. The molecule has 0 radical (unpaired) electrons. The van der Waals surface area contributed by atoms with Gasteiger partial charge in [-0.05, 0) is 57.7 Å². The van der Waals surface area contributed by atoms with Gasteiger partial charge in [-0.1, -0.05) is 6.07 Å². The average Bonchev–Trinajstić information content (AvgIpc) is 2.92. The number of benzene rings is 1. The predicted molar refractivity (Wildman–Crippen MR) is 97.0 cm³/mol. The highest BCUT2D eigenvalue weighted by molar-refractivity contribution is 7.89. The van der Waals surface area contributed by atoms with Crippen LogP contribution in [-0.2, 0) is 10.0 Å². The second-order valence-electron chi connectivity index (χ2n) is 7.42. The highest BCUT2D eigenvalue weighted by Gasteiger charge is 2.34. The smallest absolute Gasteiger partial charge is 0.251 e. The van der Waals surface area contributed by atoms with Crippen molar-refractivity contribution in [2.75, 3.05) is 7.05 Å². The van der Waals surface area contributed by atoms with Gasteiger partial charge in [0.25, 0.3) is 5.91 Å². The number of amides is 1. The van der Waals surface area contributed by atoms with Crippen LogP contribution in [0.15, 0.2) is 29.2 Å². The molecule has 0 aliphatic carbocycles. The van der Waals surface area contributed by atoms with Crippen LogP contribution in [-0.4, -0.2) is 49.8 Å². The fourth-order valence-corrected chi connectivity index (χ4v) is 5.10. The minimum Gasteiger partial charge on any atom is -0.349 e. The van der Waals surface area contributed by atoms with Crippen LogP contribution in [0.1, 0.15) is 49.9 Å².